The Morgan fingerprint density at radius 2 is 1.79 bits per heavy atom. The lowest BCUT2D eigenvalue weighted by atomic mass is 9.75. The van der Waals surface area contributed by atoms with Crippen LogP contribution in [0.25, 0.3) is 16.9 Å². The SMILES string of the molecule is CCc1cc(Nc2nccn3c(-c4ccc(OC)c(F)c4F)cnc23)ccc1C(=O)NCCCCCC(CCCN)(CC(=O)O)C(=O)O. The Bertz CT molecular complexity index is 1780. The van der Waals surface area contributed by atoms with Crippen molar-refractivity contribution in [3.8, 4) is 17.0 Å². The fourth-order valence-electron chi connectivity index (χ4n) is 5.80. The van der Waals surface area contributed by atoms with Crippen molar-refractivity contribution in [2.24, 2.45) is 11.1 Å². The molecule has 0 saturated heterocycles. The molecule has 2 heterocycles. The number of nitrogens with zero attached hydrogens (tertiary/aromatic N) is 3. The highest BCUT2D eigenvalue weighted by Crippen LogP contribution is 2.35. The third kappa shape index (κ3) is 8.05. The quantitative estimate of drug-likeness (QED) is 0.0843. The number of aliphatic carboxylic acids is 2. The maximum absolute atomic E-state index is 14.8. The van der Waals surface area contributed by atoms with Gasteiger partial charge in [-0.15, -0.1) is 0 Å². The van der Waals surface area contributed by atoms with Gasteiger partial charge in [0.1, 0.15) is 0 Å². The molecule has 0 fully saturated rings. The molecule has 12 nitrogen and oxygen atoms in total. The Kier molecular flexibility index (Phi) is 12.0. The Morgan fingerprint density at radius 3 is 2.48 bits per heavy atom. The van der Waals surface area contributed by atoms with Crippen molar-refractivity contribution in [3.05, 3.63) is 71.7 Å². The van der Waals surface area contributed by atoms with Crippen molar-refractivity contribution in [1.29, 1.82) is 0 Å². The number of anilines is 2. The van der Waals surface area contributed by atoms with E-state index in [0.717, 1.165) is 5.56 Å². The molecule has 0 saturated carbocycles. The van der Waals surface area contributed by atoms with Crippen molar-refractivity contribution in [3.63, 3.8) is 0 Å². The molecule has 1 atom stereocenters. The van der Waals surface area contributed by atoms with Crippen LogP contribution in [0.4, 0.5) is 20.3 Å². The number of hydrogen-bond donors (Lipinski definition) is 5. The number of nitrogens with two attached hydrogens (primary N) is 1. The fraction of sp³-hybridized carbons (Fsp3) is 0.382. The number of ether oxygens (including phenoxy) is 1. The lowest BCUT2D eigenvalue weighted by Crippen LogP contribution is -2.34. The first-order valence-corrected chi connectivity index (χ1v) is 15.7. The summed E-state index contributed by atoms with van der Waals surface area (Å²) in [4.78, 5) is 45.1. The number of carboxylic acids is 2. The molecule has 1 amide bonds. The predicted molar refractivity (Wildman–Crippen MR) is 175 cm³/mol. The molecule has 4 aromatic rings. The number of carbonyl (C=O) groups is 3. The van der Waals surface area contributed by atoms with Gasteiger partial charge >= 0.3 is 11.9 Å². The molecule has 256 valence electrons. The van der Waals surface area contributed by atoms with Gasteiger partial charge in [-0.05, 0) is 74.5 Å². The Balaban J connectivity index is 1.39. The van der Waals surface area contributed by atoms with Gasteiger partial charge in [-0.1, -0.05) is 19.8 Å². The Labute approximate surface area is 276 Å². The number of carbonyl (C=O) groups excluding carboxylic acids is 1. The average Bonchev–Trinajstić information content (AvgIpc) is 3.50. The van der Waals surface area contributed by atoms with Crippen LogP contribution in [0, 0.1) is 17.0 Å². The minimum Gasteiger partial charge on any atom is -0.494 e. The standard InChI is InChI=1S/C34H40F2N6O6/c1-3-21-18-22(41-30-31-40-20-25(42(31)17-16-38-30)24-10-11-26(48-2)29(36)28(24)35)8-9-23(21)32(45)39-15-6-4-5-12-34(33(46)47,13-7-14-37)19-27(43)44/h8-11,16-18,20H,3-7,12-15,19,37H2,1-2H3,(H,38,41)(H,39,45)(H,43,44)(H,46,47). The molecule has 0 spiro atoms. The molecule has 48 heavy (non-hydrogen) atoms. The summed E-state index contributed by atoms with van der Waals surface area (Å²) in [5.74, 6) is -4.52. The smallest absolute Gasteiger partial charge is 0.310 e. The second-order valence-corrected chi connectivity index (χ2v) is 11.5. The average molecular weight is 667 g/mol. The van der Waals surface area contributed by atoms with E-state index in [9.17, 15) is 33.4 Å². The number of amides is 1. The van der Waals surface area contributed by atoms with E-state index in [4.69, 9.17) is 10.5 Å². The number of carboxylic acid groups (broad SMARTS) is 2. The summed E-state index contributed by atoms with van der Waals surface area (Å²) in [6.45, 7) is 2.58. The number of benzene rings is 2. The van der Waals surface area contributed by atoms with Gasteiger partial charge in [0.25, 0.3) is 5.91 Å². The molecule has 0 aliphatic heterocycles. The van der Waals surface area contributed by atoms with E-state index in [-0.39, 0.29) is 36.6 Å². The number of rotatable bonds is 18. The normalized spacial score (nSPS) is 12.4. The van der Waals surface area contributed by atoms with Crippen molar-refractivity contribution in [2.75, 3.05) is 25.5 Å². The largest absolute Gasteiger partial charge is 0.494 e. The van der Waals surface area contributed by atoms with Crippen LogP contribution in [-0.2, 0) is 16.0 Å². The van der Waals surface area contributed by atoms with Gasteiger partial charge < -0.3 is 31.3 Å². The van der Waals surface area contributed by atoms with Crippen molar-refractivity contribution in [1.82, 2.24) is 19.7 Å². The van der Waals surface area contributed by atoms with Gasteiger partial charge in [0.15, 0.2) is 23.0 Å². The zero-order valence-electron chi connectivity index (χ0n) is 26.9. The maximum atomic E-state index is 14.8. The zero-order chi connectivity index (χ0) is 34.8. The molecule has 14 heteroatoms. The number of nitrogens with one attached hydrogen (secondary N) is 2. The first-order valence-electron chi connectivity index (χ1n) is 15.7. The monoisotopic (exact) mass is 666 g/mol. The number of fused-ring (bicyclic) bond motifs is 1. The van der Waals surface area contributed by atoms with Crippen molar-refractivity contribution >= 4 is 35.0 Å². The van der Waals surface area contributed by atoms with Gasteiger partial charge in [0, 0.05) is 35.8 Å². The Hall–Kier alpha value is -5.11. The molecule has 2 aromatic heterocycles. The van der Waals surface area contributed by atoms with Gasteiger partial charge in [-0.3, -0.25) is 18.8 Å². The topological polar surface area (TPSA) is 181 Å². The summed E-state index contributed by atoms with van der Waals surface area (Å²) in [6.07, 6.45) is 7.21. The van der Waals surface area contributed by atoms with Gasteiger partial charge in [0.2, 0.25) is 5.82 Å². The van der Waals surface area contributed by atoms with E-state index in [0.29, 0.717) is 67.1 Å². The van der Waals surface area contributed by atoms with E-state index in [1.165, 1.54) is 31.6 Å². The van der Waals surface area contributed by atoms with Crippen molar-refractivity contribution < 1.29 is 38.1 Å². The van der Waals surface area contributed by atoms with E-state index in [1.54, 1.807) is 22.7 Å². The minimum atomic E-state index is -1.35. The molecule has 0 aliphatic carbocycles. The van der Waals surface area contributed by atoms with E-state index in [1.807, 2.05) is 13.0 Å². The summed E-state index contributed by atoms with van der Waals surface area (Å²) in [7, 11) is 1.26. The molecule has 4 rings (SSSR count). The van der Waals surface area contributed by atoms with Crippen LogP contribution in [0.1, 0.15) is 67.8 Å². The fourth-order valence-corrected chi connectivity index (χ4v) is 5.80. The highest BCUT2D eigenvalue weighted by Gasteiger charge is 2.39. The number of imidazole rings is 1. The molecule has 0 radical (unpaired) electrons. The number of unbranched alkanes of at least 4 members (excludes halogenated alkanes) is 2. The zero-order valence-corrected chi connectivity index (χ0v) is 26.9. The second kappa shape index (κ2) is 16.1. The minimum absolute atomic E-state index is 0.00986. The third-order valence-corrected chi connectivity index (χ3v) is 8.38. The first-order chi connectivity index (χ1) is 23.0. The molecular weight excluding hydrogens is 626 g/mol. The number of aryl methyl sites for hydroxylation is 1. The molecule has 6 N–H and O–H groups in total. The second-order valence-electron chi connectivity index (χ2n) is 11.5. The summed E-state index contributed by atoms with van der Waals surface area (Å²) in [5.41, 5.74) is 6.83. The van der Waals surface area contributed by atoms with Crippen LogP contribution in [0.2, 0.25) is 0 Å². The van der Waals surface area contributed by atoms with Crippen LogP contribution in [0.3, 0.4) is 0 Å². The number of halogens is 2. The molecule has 0 bridgehead atoms. The van der Waals surface area contributed by atoms with Gasteiger partial charge in [-0.25, -0.2) is 14.4 Å². The maximum Gasteiger partial charge on any atom is 0.310 e. The number of aromatic nitrogens is 3. The van der Waals surface area contributed by atoms with Gasteiger partial charge in [-0.2, -0.15) is 4.39 Å². The predicted octanol–water partition coefficient (Wildman–Crippen LogP) is 5.56. The van der Waals surface area contributed by atoms with E-state index in [2.05, 4.69) is 20.6 Å². The first kappa shape index (κ1) is 35.7. The summed E-state index contributed by atoms with van der Waals surface area (Å²) in [6, 6.07) is 8.03. The van der Waals surface area contributed by atoms with Crippen LogP contribution in [0.15, 0.2) is 48.9 Å². The summed E-state index contributed by atoms with van der Waals surface area (Å²) in [5, 5.41) is 25.2. The molecule has 0 aliphatic rings. The summed E-state index contributed by atoms with van der Waals surface area (Å²) < 4.78 is 35.7. The molecule has 1 unspecified atom stereocenters. The summed E-state index contributed by atoms with van der Waals surface area (Å²) >= 11 is 0. The van der Waals surface area contributed by atoms with Crippen LogP contribution in [-0.4, -0.2) is 62.6 Å². The lowest BCUT2D eigenvalue weighted by molar-refractivity contribution is -0.157. The van der Waals surface area contributed by atoms with Crippen LogP contribution >= 0.6 is 0 Å². The third-order valence-electron chi connectivity index (χ3n) is 8.38. The van der Waals surface area contributed by atoms with Crippen LogP contribution in [0.5, 0.6) is 5.75 Å². The lowest BCUT2D eigenvalue weighted by Gasteiger charge is -2.27. The highest BCUT2D eigenvalue weighted by atomic mass is 19.2. The molecule has 2 aromatic carbocycles. The highest BCUT2D eigenvalue weighted by molar-refractivity contribution is 5.96. The van der Waals surface area contributed by atoms with E-state index < -0.39 is 35.4 Å². The van der Waals surface area contributed by atoms with Crippen molar-refractivity contribution in [2.45, 2.75) is 58.3 Å². The number of hydrogen-bond acceptors (Lipinski definition) is 8. The number of methoxy groups -OCH3 is 1. The van der Waals surface area contributed by atoms with Crippen LogP contribution < -0.4 is 21.1 Å². The van der Waals surface area contributed by atoms with Gasteiger partial charge in [0.05, 0.1) is 30.8 Å². The molecular formula is C34H40F2N6O6. The Morgan fingerprint density at radius 1 is 1.02 bits per heavy atom. The van der Waals surface area contributed by atoms with E-state index >= 15 is 0 Å².